The molecule has 3 rings (SSSR count). The van der Waals surface area contributed by atoms with E-state index in [1.165, 1.54) is 12.1 Å². The van der Waals surface area contributed by atoms with E-state index in [0.717, 1.165) is 12.0 Å². The number of morpholine rings is 1. The van der Waals surface area contributed by atoms with Crippen molar-refractivity contribution in [2.45, 2.75) is 51.7 Å². The molecule has 16 nitrogen and oxygen atoms in total. The van der Waals surface area contributed by atoms with Crippen molar-refractivity contribution in [2.24, 2.45) is 5.92 Å². The zero-order valence-corrected chi connectivity index (χ0v) is 29.5. The van der Waals surface area contributed by atoms with Crippen LogP contribution in [0.2, 0.25) is 0 Å². The van der Waals surface area contributed by atoms with Gasteiger partial charge >= 0.3 is 17.9 Å². The van der Waals surface area contributed by atoms with Gasteiger partial charge in [0, 0.05) is 13.1 Å². The maximum Gasteiger partial charge on any atom is 0.356 e. The molecule has 2 aromatic rings. The normalized spacial score (nSPS) is 16.3. The van der Waals surface area contributed by atoms with Gasteiger partial charge in [0.25, 0.3) is 10.2 Å². The second-order valence-electron chi connectivity index (χ2n) is 11.3. The van der Waals surface area contributed by atoms with E-state index in [1.807, 2.05) is 16.8 Å². The second kappa shape index (κ2) is 18.8. The van der Waals surface area contributed by atoms with Crippen LogP contribution in [0.25, 0.3) is 0 Å². The van der Waals surface area contributed by atoms with Crippen molar-refractivity contribution in [2.75, 3.05) is 39.5 Å². The van der Waals surface area contributed by atoms with E-state index in [-0.39, 0.29) is 5.75 Å². The molecule has 1 aliphatic rings. The first-order valence-electron chi connectivity index (χ1n) is 15.2. The molecule has 1 heterocycles. The topological polar surface area (TPSA) is 196 Å². The van der Waals surface area contributed by atoms with E-state index in [4.69, 9.17) is 43.0 Å². The van der Waals surface area contributed by atoms with Crippen molar-refractivity contribution in [1.82, 2.24) is 4.67 Å². The van der Waals surface area contributed by atoms with E-state index in [9.17, 15) is 34.6 Å². The first-order chi connectivity index (χ1) is 23.1. The van der Waals surface area contributed by atoms with Gasteiger partial charge in [0.05, 0.1) is 25.6 Å². The molecule has 4 unspecified atom stereocenters. The van der Waals surface area contributed by atoms with Crippen molar-refractivity contribution in [3.8, 4) is 5.75 Å². The maximum absolute atomic E-state index is 13.3. The predicted molar refractivity (Wildman–Crippen MR) is 179 cm³/mol. The van der Waals surface area contributed by atoms with Gasteiger partial charge in [-0.05, 0) is 47.8 Å². The number of hydrogen-bond acceptors (Lipinski definition) is 15. The quantitative estimate of drug-likeness (QED) is 0.0539. The molecule has 268 valence electrons. The van der Waals surface area contributed by atoms with Crippen LogP contribution in [-0.4, -0.2) is 84.5 Å². The van der Waals surface area contributed by atoms with E-state index in [0.29, 0.717) is 43.1 Å². The first kappa shape index (κ1) is 39.6. The Morgan fingerprint density at radius 3 is 2.16 bits per heavy atom. The predicted octanol–water partition coefficient (Wildman–Crippen LogP) is 3.04. The number of hydrogen-bond donors (Lipinski definition) is 0. The molecular weight excluding hydrogens is 705 g/mol. The largest absolute Gasteiger partial charge is 0.727 e. The van der Waals surface area contributed by atoms with Crippen LogP contribution >= 0.6 is 5.39 Å². The molecule has 0 bridgehead atoms. The summed E-state index contributed by atoms with van der Waals surface area (Å²) >= 11 is 11.6. The summed E-state index contributed by atoms with van der Waals surface area (Å²) in [6.07, 6.45) is -3.47. The number of carbonyl (C=O) groups excluding carboxylic acids is 3. The summed E-state index contributed by atoms with van der Waals surface area (Å²) in [5.74, 6) is -3.40. The molecule has 1 fully saturated rings. The average molecular weight is 743 g/mol. The first-order valence-corrected chi connectivity index (χ1v) is 18.9. The third kappa shape index (κ3) is 12.9. The Kier molecular flexibility index (Phi) is 15.2. The number of carbonyl (C=O) groups is 3. The molecule has 4 atom stereocenters. The molecule has 2 aromatic carbocycles. The van der Waals surface area contributed by atoms with Crippen LogP contribution in [0.3, 0.4) is 0 Å². The Bertz CT molecular complexity index is 1510. The minimum absolute atomic E-state index is 0.0678. The lowest BCUT2D eigenvalue weighted by molar-refractivity contribution is -0.789. The van der Waals surface area contributed by atoms with Crippen molar-refractivity contribution in [3.63, 3.8) is 0 Å². The highest BCUT2D eigenvalue weighted by atomic mass is 32.9. The molecule has 0 aliphatic carbocycles. The lowest BCUT2D eigenvalue weighted by Crippen LogP contribution is -2.37. The summed E-state index contributed by atoms with van der Waals surface area (Å²) in [7, 11) is 0. The zero-order chi connectivity index (χ0) is 36.1. The van der Waals surface area contributed by atoms with E-state index >= 15 is 0 Å². The smallest absolute Gasteiger partial charge is 0.356 e. The summed E-state index contributed by atoms with van der Waals surface area (Å²) in [4.78, 5) is 68.6. The standard InChI is InChI=1S/C30H38N3O13PS2/c1-20(2)16-22-4-6-23(7-5-22)21(3)29(35)45-27(19-42-28(34)17-25(46-33(39)40)18-43-32(37)38)30(36)44-24-8-10-26(11-9-24)47(48,49)31-12-14-41-15-13-31/h4-11,20-21,25,27H,12-19H2,1-3H3,(H,48,49)/p-1. The third-order valence-corrected chi connectivity index (χ3v) is 11.9. The molecule has 0 saturated carbocycles. The van der Waals surface area contributed by atoms with Crippen LogP contribution in [-0.2, 0) is 68.7 Å². The van der Waals surface area contributed by atoms with Crippen molar-refractivity contribution < 1.29 is 53.2 Å². The Hall–Kier alpha value is -3.83. The van der Waals surface area contributed by atoms with Crippen LogP contribution in [0.4, 0.5) is 0 Å². The van der Waals surface area contributed by atoms with Gasteiger partial charge in [-0.2, -0.15) is 0 Å². The third-order valence-electron chi connectivity index (χ3n) is 7.13. The zero-order valence-electron chi connectivity index (χ0n) is 27.0. The Morgan fingerprint density at radius 2 is 1.59 bits per heavy atom. The van der Waals surface area contributed by atoms with Crippen LogP contribution in [0.1, 0.15) is 44.2 Å². The Morgan fingerprint density at radius 1 is 0.959 bits per heavy atom. The monoisotopic (exact) mass is 742 g/mol. The molecule has 0 aromatic heterocycles. The van der Waals surface area contributed by atoms with Crippen molar-refractivity contribution in [3.05, 3.63) is 79.9 Å². The van der Waals surface area contributed by atoms with E-state index in [1.54, 1.807) is 31.2 Å². The highest BCUT2D eigenvalue weighted by molar-refractivity contribution is 8.56. The number of benzene rings is 2. The molecule has 19 heteroatoms. The van der Waals surface area contributed by atoms with Crippen LogP contribution in [0, 0.1) is 26.1 Å². The summed E-state index contributed by atoms with van der Waals surface area (Å²) in [5, 5.41) is 17.0. The molecule has 0 radical (unpaired) electrons. The lowest BCUT2D eigenvalue weighted by Gasteiger charge is -2.43. The second-order valence-corrected chi connectivity index (χ2v) is 17.3. The molecule has 1 aliphatic heterocycles. The number of rotatable bonds is 18. The van der Waals surface area contributed by atoms with Crippen LogP contribution in [0.5, 0.6) is 5.75 Å². The number of ether oxygens (including phenoxy) is 4. The average Bonchev–Trinajstić information content (AvgIpc) is 3.05. The SMILES string of the molecule is CC(C)Cc1ccc(C(C)C(=O)OC(COC(=O)CC(CO[N+](=O)[O-])O[N+](=O)[O-])C(=O)Oc2ccc(P(=S)([S-])N3CCOCC3)cc2)cc1. The van der Waals surface area contributed by atoms with Gasteiger partial charge in [0.2, 0.25) is 6.10 Å². The number of esters is 3. The fourth-order valence-electron chi connectivity index (χ4n) is 4.61. The number of nitrogens with zero attached hydrogens (tertiary/aromatic N) is 3. The van der Waals surface area contributed by atoms with Crippen LogP contribution in [0.15, 0.2) is 48.5 Å². The molecule has 49 heavy (non-hydrogen) atoms. The van der Waals surface area contributed by atoms with Crippen molar-refractivity contribution in [1.29, 1.82) is 0 Å². The van der Waals surface area contributed by atoms with Gasteiger partial charge in [-0.1, -0.05) is 55.6 Å². The summed E-state index contributed by atoms with van der Waals surface area (Å²) in [6.45, 7) is 6.21. The summed E-state index contributed by atoms with van der Waals surface area (Å²) in [5.41, 5.74) is 1.70. The summed E-state index contributed by atoms with van der Waals surface area (Å²) in [6, 6.07) is 13.6. The molecule has 0 spiro atoms. The summed E-state index contributed by atoms with van der Waals surface area (Å²) < 4.78 is 23.4. The van der Waals surface area contributed by atoms with Gasteiger partial charge in [-0.3, -0.25) is 14.3 Å². The minimum atomic E-state index is -2.51. The minimum Gasteiger partial charge on any atom is -0.727 e. The van der Waals surface area contributed by atoms with E-state index < -0.39 is 71.2 Å². The molecule has 1 saturated heterocycles. The molecular formula is C30H37N3O13PS2-. The van der Waals surface area contributed by atoms with E-state index in [2.05, 4.69) is 23.5 Å². The fraction of sp³-hybridized carbons (Fsp3) is 0.500. The van der Waals surface area contributed by atoms with Gasteiger partial charge in [-0.25, -0.2) is 4.79 Å². The molecule has 0 amide bonds. The van der Waals surface area contributed by atoms with Crippen LogP contribution < -0.4 is 10.0 Å². The van der Waals surface area contributed by atoms with Gasteiger partial charge in [0.15, 0.2) is 0 Å². The van der Waals surface area contributed by atoms with Gasteiger partial charge in [-0.15, -0.1) is 32.0 Å². The lowest BCUT2D eigenvalue weighted by atomic mass is 9.97. The van der Waals surface area contributed by atoms with Gasteiger partial charge < -0.3 is 40.9 Å². The van der Waals surface area contributed by atoms with Gasteiger partial charge in [0.1, 0.15) is 25.1 Å². The Balaban J connectivity index is 1.74. The van der Waals surface area contributed by atoms with Crippen molar-refractivity contribution >= 4 is 52.7 Å². The Labute approximate surface area is 292 Å². The highest BCUT2D eigenvalue weighted by Crippen LogP contribution is 2.46. The fourth-order valence-corrected chi connectivity index (χ4v) is 7.87. The molecule has 0 N–H and O–H groups in total. The highest BCUT2D eigenvalue weighted by Gasteiger charge is 2.31. The maximum atomic E-state index is 13.3.